The Morgan fingerprint density at radius 3 is 2.93 bits per heavy atom. The highest BCUT2D eigenvalue weighted by atomic mass is 16.5. The molecule has 0 saturated carbocycles. The molecule has 7 heteroatoms. The standard InChI is InChI=1S/C21H25N3O4/c1-15-10-16-11-17(2-3-19(16)27-14-15)28-18-4-5-22-20(12-18)23-21(25)13-24-6-8-26-9-7-24/h2-5,11-12,15H,6-10,13-14H2,1H3,(H,22,23,25). The van der Waals surface area contributed by atoms with Gasteiger partial charge in [-0.2, -0.15) is 0 Å². The molecule has 0 spiro atoms. The minimum absolute atomic E-state index is 0.0912. The molecular formula is C21H25N3O4. The Balaban J connectivity index is 1.38. The second-order valence-corrected chi connectivity index (χ2v) is 7.31. The molecule has 148 valence electrons. The third-order valence-electron chi connectivity index (χ3n) is 4.83. The molecule has 1 saturated heterocycles. The number of fused-ring (bicyclic) bond motifs is 1. The fraction of sp³-hybridized carbons (Fsp3) is 0.429. The van der Waals surface area contributed by atoms with Crippen LogP contribution in [0.25, 0.3) is 0 Å². The van der Waals surface area contributed by atoms with E-state index in [0.29, 0.717) is 37.2 Å². The van der Waals surface area contributed by atoms with E-state index in [1.807, 2.05) is 18.2 Å². The summed E-state index contributed by atoms with van der Waals surface area (Å²) < 4.78 is 17.0. The van der Waals surface area contributed by atoms with Crippen molar-refractivity contribution >= 4 is 11.7 Å². The molecule has 1 unspecified atom stereocenters. The van der Waals surface area contributed by atoms with Gasteiger partial charge in [-0.3, -0.25) is 9.69 Å². The van der Waals surface area contributed by atoms with Crippen LogP contribution >= 0.6 is 0 Å². The molecule has 3 heterocycles. The summed E-state index contributed by atoms with van der Waals surface area (Å²) in [7, 11) is 0. The van der Waals surface area contributed by atoms with E-state index in [2.05, 4.69) is 22.1 Å². The number of benzene rings is 1. The Hall–Kier alpha value is -2.64. The lowest BCUT2D eigenvalue weighted by molar-refractivity contribution is -0.118. The Morgan fingerprint density at radius 1 is 1.25 bits per heavy atom. The van der Waals surface area contributed by atoms with E-state index in [4.69, 9.17) is 14.2 Å². The van der Waals surface area contributed by atoms with Gasteiger partial charge in [0.05, 0.1) is 26.4 Å². The van der Waals surface area contributed by atoms with Crippen LogP contribution in [0.2, 0.25) is 0 Å². The van der Waals surface area contributed by atoms with Crippen LogP contribution in [0.3, 0.4) is 0 Å². The SMILES string of the molecule is CC1COc2ccc(Oc3ccnc(NC(=O)CN4CCOCC4)c3)cc2C1. The number of aromatic nitrogens is 1. The molecule has 2 aliphatic heterocycles. The molecule has 2 aliphatic rings. The Labute approximate surface area is 164 Å². The molecule has 7 nitrogen and oxygen atoms in total. The average molecular weight is 383 g/mol. The zero-order chi connectivity index (χ0) is 19.3. The van der Waals surface area contributed by atoms with Gasteiger partial charge in [0.2, 0.25) is 5.91 Å². The highest BCUT2D eigenvalue weighted by Gasteiger charge is 2.17. The number of carbonyl (C=O) groups excluding carboxylic acids is 1. The Kier molecular flexibility index (Phi) is 5.73. The first kappa shape index (κ1) is 18.7. The molecule has 4 rings (SSSR count). The van der Waals surface area contributed by atoms with Gasteiger partial charge in [0, 0.05) is 25.4 Å². The molecule has 1 amide bonds. The van der Waals surface area contributed by atoms with E-state index in [1.54, 1.807) is 18.3 Å². The Bertz CT molecular complexity index is 836. The van der Waals surface area contributed by atoms with E-state index >= 15 is 0 Å². The minimum Gasteiger partial charge on any atom is -0.493 e. The van der Waals surface area contributed by atoms with Crippen LogP contribution in [0.5, 0.6) is 17.2 Å². The van der Waals surface area contributed by atoms with E-state index < -0.39 is 0 Å². The maximum Gasteiger partial charge on any atom is 0.239 e. The first-order valence-corrected chi connectivity index (χ1v) is 9.65. The molecule has 2 aromatic rings. The second-order valence-electron chi connectivity index (χ2n) is 7.31. The summed E-state index contributed by atoms with van der Waals surface area (Å²) in [6, 6.07) is 9.36. The van der Waals surface area contributed by atoms with Gasteiger partial charge in [0.1, 0.15) is 23.1 Å². The van der Waals surface area contributed by atoms with Crippen LogP contribution in [0.1, 0.15) is 12.5 Å². The maximum atomic E-state index is 12.3. The van der Waals surface area contributed by atoms with E-state index in [1.165, 1.54) is 0 Å². The van der Waals surface area contributed by atoms with Crippen LogP contribution < -0.4 is 14.8 Å². The summed E-state index contributed by atoms with van der Waals surface area (Å²) in [6.45, 7) is 6.13. The number of pyridine rings is 1. The average Bonchev–Trinajstić information content (AvgIpc) is 2.68. The lowest BCUT2D eigenvalue weighted by Crippen LogP contribution is -2.41. The van der Waals surface area contributed by atoms with Gasteiger partial charge in [-0.1, -0.05) is 6.92 Å². The quantitative estimate of drug-likeness (QED) is 0.856. The molecule has 0 aliphatic carbocycles. The van der Waals surface area contributed by atoms with Crippen molar-refractivity contribution < 1.29 is 19.0 Å². The molecule has 28 heavy (non-hydrogen) atoms. The van der Waals surface area contributed by atoms with Gasteiger partial charge in [-0.25, -0.2) is 4.98 Å². The topological polar surface area (TPSA) is 72.9 Å². The molecule has 1 aromatic heterocycles. The van der Waals surface area contributed by atoms with Crippen LogP contribution in [-0.2, 0) is 16.0 Å². The van der Waals surface area contributed by atoms with Crippen molar-refractivity contribution in [1.82, 2.24) is 9.88 Å². The van der Waals surface area contributed by atoms with Crippen molar-refractivity contribution in [3.8, 4) is 17.2 Å². The minimum atomic E-state index is -0.0912. The predicted molar refractivity (Wildman–Crippen MR) is 105 cm³/mol. The van der Waals surface area contributed by atoms with Gasteiger partial charge in [-0.15, -0.1) is 0 Å². The first-order chi connectivity index (χ1) is 13.7. The van der Waals surface area contributed by atoms with Gasteiger partial charge in [-0.05, 0) is 42.2 Å². The number of morpholine rings is 1. The summed E-state index contributed by atoms with van der Waals surface area (Å²) in [4.78, 5) is 18.5. The second kappa shape index (κ2) is 8.58. The third-order valence-corrected chi connectivity index (χ3v) is 4.83. The molecule has 1 N–H and O–H groups in total. The maximum absolute atomic E-state index is 12.3. The summed E-state index contributed by atoms with van der Waals surface area (Å²) in [5.41, 5.74) is 1.16. The number of ether oxygens (including phenoxy) is 3. The number of hydrogen-bond donors (Lipinski definition) is 1. The van der Waals surface area contributed by atoms with Crippen molar-refractivity contribution in [1.29, 1.82) is 0 Å². The van der Waals surface area contributed by atoms with Gasteiger partial charge in [0.15, 0.2) is 0 Å². The van der Waals surface area contributed by atoms with Gasteiger partial charge in [0.25, 0.3) is 0 Å². The van der Waals surface area contributed by atoms with Gasteiger partial charge >= 0.3 is 0 Å². The summed E-state index contributed by atoms with van der Waals surface area (Å²) >= 11 is 0. The summed E-state index contributed by atoms with van der Waals surface area (Å²) in [6.07, 6.45) is 2.61. The Morgan fingerprint density at radius 2 is 2.07 bits per heavy atom. The fourth-order valence-electron chi connectivity index (χ4n) is 3.41. The highest BCUT2D eigenvalue weighted by Crippen LogP contribution is 2.32. The monoisotopic (exact) mass is 383 g/mol. The molecule has 0 bridgehead atoms. The van der Waals surface area contributed by atoms with Crippen LogP contribution in [0.4, 0.5) is 5.82 Å². The van der Waals surface area contributed by atoms with Crippen LogP contribution in [-0.4, -0.2) is 55.2 Å². The largest absolute Gasteiger partial charge is 0.493 e. The molecule has 1 fully saturated rings. The zero-order valence-corrected chi connectivity index (χ0v) is 16.0. The van der Waals surface area contributed by atoms with Crippen molar-refractivity contribution in [3.63, 3.8) is 0 Å². The number of amides is 1. The summed E-state index contributed by atoms with van der Waals surface area (Å²) in [5, 5.41) is 2.84. The number of anilines is 1. The molecule has 1 aromatic carbocycles. The third kappa shape index (κ3) is 4.79. The smallest absolute Gasteiger partial charge is 0.239 e. The van der Waals surface area contributed by atoms with E-state index in [-0.39, 0.29) is 5.91 Å². The number of nitrogens with one attached hydrogen (secondary N) is 1. The van der Waals surface area contributed by atoms with E-state index in [9.17, 15) is 4.79 Å². The summed E-state index contributed by atoms with van der Waals surface area (Å²) in [5.74, 6) is 3.18. The fourth-order valence-corrected chi connectivity index (χ4v) is 3.41. The number of hydrogen-bond acceptors (Lipinski definition) is 6. The predicted octanol–water partition coefficient (Wildman–Crippen LogP) is 2.72. The van der Waals surface area contributed by atoms with Crippen LogP contribution in [0, 0.1) is 5.92 Å². The lowest BCUT2D eigenvalue weighted by atomic mass is 9.98. The van der Waals surface area contributed by atoms with Crippen molar-refractivity contribution in [2.45, 2.75) is 13.3 Å². The van der Waals surface area contributed by atoms with Crippen molar-refractivity contribution in [3.05, 3.63) is 42.1 Å². The first-order valence-electron chi connectivity index (χ1n) is 9.65. The van der Waals surface area contributed by atoms with Crippen molar-refractivity contribution in [2.75, 3.05) is 44.8 Å². The number of carbonyl (C=O) groups is 1. The normalized spacial score (nSPS) is 19.4. The molecular weight excluding hydrogens is 358 g/mol. The lowest BCUT2D eigenvalue weighted by Gasteiger charge is -2.25. The van der Waals surface area contributed by atoms with Crippen molar-refractivity contribution in [2.24, 2.45) is 5.92 Å². The number of nitrogens with zero attached hydrogens (tertiary/aromatic N) is 2. The number of rotatable bonds is 5. The van der Waals surface area contributed by atoms with Gasteiger partial charge < -0.3 is 19.5 Å². The molecule has 0 radical (unpaired) electrons. The zero-order valence-electron chi connectivity index (χ0n) is 16.0. The highest BCUT2D eigenvalue weighted by molar-refractivity contribution is 5.91. The van der Waals surface area contributed by atoms with Crippen LogP contribution in [0.15, 0.2) is 36.5 Å². The van der Waals surface area contributed by atoms with E-state index in [0.717, 1.165) is 43.2 Å². The molecule has 1 atom stereocenters.